The number of ether oxygens (including phenoxy) is 1. The number of benzene rings is 2. The number of amides is 1. The molecular weight excluding hydrogens is 798 g/mol. The molecule has 19 heteroatoms. The topological polar surface area (TPSA) is 177 Å². The van der Waals surface area contributed by atoms with Gasteiger partial charge in [-0.25, -0.2) is 4.79 Å². The summed E-state index contributed by atoms with van der Waals surface area (Å²) in [5, 5.41) is 22.2. The number of halogens is 5. The number of nitrogens with two attached hydrogens (primary N) is 2. The maximum absolute atomic E-state index is 12.5. The Morgan fingerprint density at radius 1 is 0.759 bits per heavy atom. The lowest BCUT2D eigenvalue weighted by molar-refractivity contribution is 0.0204. The van der Waals surface area contributed by atoms with Crippen molar-refractivity contribution in [2.45, 2.75) is 63.1 Å². The van der Waals surface area contributed by atoms with E-state index in [9.17, 15) is 4.79 Å². The van der Waals surface area contributed by atoms with E-state index in [1.807, 2.05) is 26.8 Å². The van der Waals surface area contributed by atoms with Crippen molar-refractivity contribution in [3.63, 3.8) is 0 Å². The lowest BCUT2D eigenvalue weighted by Crippen LogP contribution is -2.57. The molecule has 0 bridgehead atoms. The predicted molar refractivity (Wildman–Crippen MR) is 216 cm³/mol. The molecule has 2 aliphatic heterocycles. The molecule has 2 aliphatic carbocycles. The molecule has 2 aromatic heterocycles. The highest BCUT2D eigenvalue weighted by atomic mass is 35.5. The number of piperazine rings is 2. The monoisotopic (exact) mass is 836 g/mol. The molecule has 0 unspecified atom stereocenters. The van der Waals surface area contributed by atoms with E-state index in [0.29, 0.717) is 80.0 Å². The van der Waals surface area contributed by atoms with Crippen LogP contribution in [0.3, 0.4) is 0 Å². The van der Waals surface area contributed by atoms with E-state index in [4.69, 9.17) is 62.6 Å². The summed E-state index contributed by atoms with van der Waals surface area (Å²) in [6.07, 6.45) is 3.88. The Morgan fingerprint density at radius 3 is 1.72 bits per heavy atom. The SMILES string of the molecule is CC(C)(C)OC(=O)N1CCN(c2nnc(-c3cccc(Cl)c3Cl)c(N)n2)C2(CC2)C1.Cl.Nc1nc(N2CCNCC23CC3)nnc1-c1cccc(Cl)c1Cl. The third kappa shape index (κ3) is 8.14. The second-order valence-corrected chi connectivity index (χ2v) is 16.3. The van der Waals surface area contributed by atoms with E-state index in [0.717, 1.165) is 45.3 Å². The fourth-order valence-corrected chi connectivity index (χ4v) is 7.52. The van der Waals surface area contributed by atoms with Crippen molar-refractivity contribution < 1.29 is 9.53 Å². The molecule has 5 N–H and O–H groups in total. The fraction of sp³-hybridized carbons (Fsp3) is 0.457. The summed E-state index contributed by atoms with van der Waals surface area (Å²) in [6.45, 7) is 9.98. The van der Waals surface area contributed by atoms with Gasteiger partial charge in [-0.2, -0.15) is 9.97 Å². The van der Waals surface area contributed by atoms with Crippen molar-refractivity contribution in [1.29, 1.82) is 0 Å². The Hall–Kier alpha value is -3.66. The van der Waals surface area contributed by atoms with Crippen molar-refractivity contribution in [3.8, 4) is 22.5 Å². The van der Waals surface area contributed by atoms with Crippen LogP contribution in [0.15, 0.2) is 36.4 Å². The number of carbonyl (C=O) groups is 1. The number of carbonyl (C=O) groups excluding carboxylic acids is 1. The van der Waals surface area contributed by atoms with E-state index < -0.39 is 5.60 Å². The quantitative estimate of drug-likeness (QED) is 0.196. The highest BCUT2D eigenvalue weighted by molar-refractivity contribution is 6.44. The molecule has 0 atom stereocenters. The van der Waals surface area contributed by atoms with Gasteiger partial charge in [-0.05, 0) is 58.6 Å². The zero-order chi connectivity index (χ0) is 37.7. The third-order valence-electron chi connectivity index (χ3n) is 9.80. The molecule has 288 valence electrons. The lowest BCUT2D eigenvalue weighted by Gasteiger charge is -2.42. The molecule has 54 heavy (non-hydrogen) atoms. The zero-order valence-electron chi connectivity index (χ0n) is 30.0. The first-order valence-electron chi connectivity index (χ1n) is 17.3. The molecule has 4 fully saturated rings. The minimum atomic E-state index is -0.524. The highest BCUT2D eigenvalue weighted by Crippen LogP contribution is 2.47. The van der Waals surface area contributed by atoms with Crippen molar-refractivity contribution in [2.75, 3.05) is 60.5 Å². The van der Waals surface area contributed by atoms with E-state index in [-0.39, 0.29) is 35.4 Å². The Balaban J connectivity index is 0.000000187. The van der Waals surface area contributed by atoms with Crippen LogP contribution in [0, 0.1) is 0 Å². The van der Waals surface area contributed by atoms with E-state index in [2.05, 4.69) is 45.5 Å². The summed E-state index contributed by atoms with van der Waals surface area (Å²) in [5.74, 6) is 1.59. The first-order valence-corrected chi connectivity index (χ1v) is 18.8. The van der Waals surface area contributed by atoms with Crippen LogP contribution in [0.1, 0.15) is 46.5 Å². The average molecular weight is 839 g/mol. The van der Waals surface area contributed by atoms with Gasteiger partial charge in [-0.1, -0.05) is 70.7 Å². The van der Waals surface area contributed by atoms with Gasteiger partial charge < -0.3 is 36.2 Å². The molecular formula is C35H41Cl5N12O2. The standard InChI is InChI=1S/C20H24Cl2N6O2.C15H16Cl2N6.ClH/c1-19(2,3)30-18(29)27-9-10-28(20(11-27)7-8-20)17-24-16(23)15(25-26-17)12-5-4-6-13(21)14(12)22;16-10-3-1-2-9(11(10)17)12-13(18)20-14(22-21-12)23-7-6-19-8-15(23)4-5-15;/h4-6H,7-11H2,1-3H3,(H2,23,24,26);1-3,19H,4-8H2,(H2,18,20,22);1H. The molecule has 1 amide bonds. The van der Waals surface area contributed by atoms with E-state index in [1.54, 1.807) is 35.2 Å². The second-order valence-electron chi connectivity index (χ2n) is 14.7. The van der Waals surface area contributed by atoms with Crippen LogP contribution >= 0.6 is 58.8 Å². The van der Waals surface area contributed by atoms with Crippen molar-refractivity contribution in [3.05, 3.63) is 56.5 Å². The molecule has 4 heterocycles. The van der Waals surface area contributed by atoms with Crippen molar-refractivity contribution in [1.82, 2.24) is 40.6 Å². The highest BCUT2D eigenvalue weighted by Gasteiger charge is 2.54. The van der Waals surface area contributed by atoms with Crippen LogP contribution in [-0.4, -0.2) is 97.3 Å². The van der Waals surface area contributed by atoms with Crippen molar-refractivity contribution in [2.24, 2.45) is 0 Å². The molecule has 0 radical (unpaired) electrons. The van der Waals surface area contributed by atoms with Crippen LogP contribution in [0.5, 0.6) is 0 Å². The van der Waals surface area contributed by atoms with Crippen LogP contribution in [0.25, 0.3) is 22.5 Å². The first-order chi connectivity index (χ1) is 25.2. The van der Waals surface area contributed by atoms with Gasteiger partial charge in [0.25, 0.3) is 0 Å². The predicted octanol–water partition coefficient (Wildman–Crippen LogP) is 6.81. The smallest absolute Gasteiger partial charge is 0.410 e. The number of nitrogen functional groups attached to an aromatic ring is 2. The Morgan fingerprint density at radius 2 is 1.26 bits per heavy atom. The lowest BCUT2D eigenvalue weighted by atomic mass is 10.1. The number of hydrogen-bond donors (Lipinski definition) is 3. The molecule has 2 saturated heterocycles. The number of hydrogen-bond acceptors (Lipinski definition) is 13. The molecule has 14 nitrogen and oxygen atoms in total. The van der Waals surface area contributed by atoms with Crippen molar-refractivity contribution >= 4 is 88.4 Å². The summed E-state index contributed by atoms with van der Waals surface area (Å²) in [6, 6.07) is 10.6. The minimum Gasteiger partial charge on any atom is -0.444 e. The fourth-order valence-electron chi connectivity index (χ4n) is 6.74. The van der Waals surface area contributed by atoms with Crippen LogP contribution in [-0.2, 0) is 4.74 Å². The molecule has 2 spiro atoms. The zero-order valence-corrected chi connectivity index (χ0v) is 33.8. The number of anilines is 4. The maximum atomic E-state index is 12.5. The van der Waals surface area contributed by atoms with Gasteiger partial charge in [0.2, 0.25) is 11.9 Å². The number of nitrogens with one attached hydrogen (secondary N) is 1. The second kappa shape index (κ2) is 15.5. The minimum absolute atomic E-state index is 0. The van der Waals surface area contributed by atoms with Gasteiger partial charge in [-0.3, -0.25) is 0 Å². The van der Waals surface area contributed by atoms with Crippen LogP contribution in [0.4, 0.5) is 28.3 Å². The summed E-state index contributed by atoms with van der Waals surface area (Å²) >= 11 is 24.7. The van der Waals surface area contributed by atoms with E-state index >= 15 is 0 Å². The van der Waals surface area contributed by atoms with Gasteiger partial charge in [-0.15, -0.1) is 32.8 Å². The molecule has 2 aromatic carbocycles. The first kappa shape index (κ1) is 40.0. The van der Waals surface area contributed by atoms with E-state index in [1.165, 1.54) is 0 Å². The number of rotatable bonds is 4. The average Bonchev–Trinajstić information content (AvgIpc) is 4.06. The summed E-state index contributed by atoms with van der Waals surface area (Å²) in [4.78, 5) is 27.5. The summed E-state index contributed by atoms with van der Waals surface area (Å²) in [7, 11) is 0. The molecule has 4 aromatic rings. The van der Waals surface area contributed by atoms with Gasteiger partial charge >= 0.3 is 6.09 Å². The van der Waals surface area contributed by atoms with Crippen LogP contribution in [0.2, 0.25) is 20.1 Å². The van der Waals surface area contributed by atoms with Crippen LogP contribution < -0.4 is 26.6 Å². The molecule has 4 aliphatic rings. The third-order valence-corrected chi connectivity index (χ3v) is 11.4. The largest absolute Gasteiger partial charge is 0.444 e. The normalized spacial score (nSPS) is 18.1. The number of aromatic nitrogens is 6. The summed E-state index contributed by atoms with van der Waals surface area (Å²) in [5.41, 5.74) is 13.8. The van der Waals surface area contributed by atoms with Gasteiger partial charge in [0.15, 0.2) is 11.6 Å². The molecule has 2 saturated carbocycles. The Bertz CT molecular complexity index is 2040. The molecule has 8 rings (SSSR count). The number of nitrogens with zero attached hydrogens (tertiary/aromatic N) is 9. The Kier molecular flexibility index (Phi) is 11.5. The Labute approximate surface area is 339 Å². The maximum Gasteiger partial charge on any atom is 0.410 e. The van der Waals surface area contributed by atoms with Gasteiger partial charge in [0.1, 0.15) is 17.0 Å². The van der Waals surface area contributed by atoms with Gasteiger partial charge in [0, 0.05) is 50.4 Å². The van der Waals surface area contributed by atoms with Gasteiger partial charge in [0.05, 0.1) is 31.2 Å². The summed E-state index contributed by atoms with van der Waals surface area (Å²) < 4.78 is 5.53.